The van der Waals surface area contributed by atoms with Crippen molar-refractivity contribution in [1.82, 2.24) is 5.32 Å². The van der Waals surface area contributed by atoms with Crippen LogP contribution in [0.1, 0.15) is 64.9 Å². The van der Waals surface area contributed by atoms with E-state index in [-0.39, 0.29) is 6.10 Å². The number of rotatable bonds is 7. The molecule has 150 valence electrons. The highest BCUT2D eigenvalue weighted by atomic mass is 35.5. The van der Waals surface area contributed by atoms with E-state index in [0.717, 1.165) is 35.6 Å². The molecule has 0 amide bonds. The van der Waals surface area contributed by atoms with Crippen LogP contribution in [0.3, 0.4) is 0 Å². The van der Waals surface area contributed by atoms with Crippen LogP contribution in [0.25, 0.3) is 0 Å². The van der Waals surface area contributed by atoms with Gasteiger partial charge in [-0.2, -0.15) is 0 Å². The largest absolute Gasteiger partial charge is 0.493 e. The summed E-state index contributed by atoms with van der Waals surface area (Å²) in [5.74, 6) is 4.33. The topological polar surface area (TPSA) is 30.5 Å². The van der Waals surface area contributed by atoms with Gasteiger partial charge in [-0.3, -0.25) is 0 Å². The fourth-order valence-electron chi connectivity index (χ4n) is 6.42. The van der Waals surface area contributed by atoms with Gasteiger partial charge >= 0.3 is 0 Å². The molecule has 1 unspecified atom stereocenters. The van der Waals surface area contributed by atoms with E-state index in [1.165, 1.54) is 38.5 Å². The van der Waals surface area contributed by atoms with Gasteiger partial charge in [0.25, 0.3) is 0 Å². The predicted octanol–water partition coefficient (Wildman–Crippen LogP) is 5.83. The van der Waals surface area contributed by atoms with Crippen LogP contribution < -0.4 is 14.8 Å². The van der Waals surface area contributed by atoms with Crippen molar-refractivity contribution in [1.29, 1.82) is 0 Å². The highest BCUT2D eigenvalue weighted by Gasteiger charge is 2.52. The number of ether oxygens (including phenoxy) is 2. The first-order chi connectivity index (χ1) is 12.9. The summed E-state index contributed by atoms with van der Waals surface area (Å²) in [7, 11) is 1.67. The summed E-state index contributed by atoms with van der Waals surface area (Å²) in [4.78, 5) is 0. The molecule has 0 aliphatic heterocycles. The van der Waals surface area contributed by atoms with Crippen LogP contribution in [0.2, 0.25) is 5.02 Å². The maximum absolute atomic E-state index is 6.50. The zero-order valence-corrected chi connectivity index (χ0v) is 17.9. The molecule has 4 aliphatic carbocycles. The highest BCUT2D eigenvalue weighted by Crippen LogP contribution is 2.61. The molecule has 0 radical (unpaired) electrons. The molecule has 0 spiro atoms. The van der Waals surface area contributed by atoms with Gasteiger partial charge < -0.3 is 14.8 Å². The normalized spacial score (nSPS) is 32.7. The Labute approximate surface area is 169 Å². The molecule has 4 fully saturated rings. The molecule has 4 heteroatoms. The maximum Gasteiger partial charge on any atom is 0.180 e. The first-order valence-corrected chi connectivity index (χ1v) is 11.0. The van der Waals surface area contributed by atoms with Crippen molar-refractivity contribution >= 4 is 11.6 Å². The molecule has 1 atom stereocenters. The van der Waals surface area contributed by atoms with Crippen molar-refractivity contribution in [2.75, 3.05) is 7.11 Å². The van der Waals surface area contributed by atoms with E-state index < -0.39 is 0 Å². The molecule has 5 rings (SSSR count). The summed E-state index contributed by atoms with van der Waals surface area (Å²) in [6.07, 6.45) is 8.84. The third-order valence-corrected chi connectivity index (χ3v) is 7.54. The summed E-state index contributed by atoms with van der Waals surface area (Å²) in [5.41, 5.74) is 1.67. The van der Waals surface area contributed by atoms with E-state index in [9.17, 15) is 0 Å². The Morgan fingerprint density at radius 2 is 1.67 bits per heavy atom. The summed E-state index contributed by atoms with van der Waals surface area (Å²) >= 11 is 6.50. The average Bonchev–Trinajstić information content (AvgIpc) is 2.60. The number of hydrogen-bond acceptors (Lipinski definition) is 3. The summed E-state index contributed by atoms with van der Waals surface area (Å²) in [6.45, 7) is 7.22. The van der Waals surface area contributed by atoms with Gasteiger partial charge in [0.15, 0.2) is 11.5 Å². The van der Waals surface area contributed by atoms with Gasteiger partial charge in [-0.15, -0.1) is 0 Å². The van der Waals surface area contributed by atoms with Crippen LogP contribution in [0.5, 0.6) is 11.5 Å². The van der Waals surface area contributed by atoms with Crippen molar-refractivity contribution in [3.05, 3.63) is 22.7 Å². The second kappa shape index (κ2) is 7.48. The molecule has 4 aliphatic rings. The number of hydrogen-bond donors (Lipinski definition) is 1. The first kappa shape index (κ1) is 19.4. The number of nitrogens with one attached hydrogen (secondary N) is 1. The molecule has 1 aromatic carbocycles. The van der Waals surface area contributed by atoms with Gasteiger partial charge in [0, 0.05) is 12.6 Å². The van der Waals surface area contributed by atoms with Crippen molar-refractivity contribution in [2.24, 2.45) is 23.2 Å². The smallest absolute Gasteiger partial charge is 0.180 e. The predicted molar refractivity (Wildman–Crippen MR) is 111 cm³/mol. The van der Waals surface area contributed by atoms with Crippen LogP contribution in [0.4, 0.5) is 0 Å². The Balaban J connectivity index is 1.45. The van der Waals surface area contributed by atoms with Crippen molar-refractivity contribution in [2.45, 2.75) is 78.0 Å². The zero-order chi connectivity index (χ0) is 19.2. The lowest BCUT2D eigenvalue weighted by molar-refractivity contribution is -0.0706. The summed E-state index contributed by atoms with van der Waals surface area (Å²) in [5, 5.41) is 4.47. The fraction of sp³-hybridized carbons (Fsp3) is 0.739. The van der Waals surface area contributed by atoms with E-state index in [2.05, 4.69) is 18.3 Å². The molecular formula is C23H34ClNO2. The second-order valence-corrected chi connectivity index (χ2v) is 10.1. The molecule has 0 aromatic heterocycles. The van der Waals surface area contributed by atoms with E-state index >= 15 is 0 Å². The van der Waals surface area contributed by atoms with E-state index in [4.69, 9.17) is 21.1 Å². The van der Waals surface area contributed by atoms with Crippen LogP contribution in [-0.2, 0) is 6.54 Å². The van der Waals surface area contributed by atoms with E-state index in [1.54, 1.807) is 7.11 Å². The summed E-state index contributed by atoms with van der Waals surface area (Å²) in [6, 6.07) is 4.62. The molecule has 4 saturated carbocycles. The first-order valence-electron chi connectivity index (χ1n) is 10.6. The van der Waals surface area contributed by atoms with Crippen LogP contribution in [0.15, 0.2) is 12.1 Å². The molecule has 0 saturated heterocycles. The lowest BCUT2D eigenvalue weighted by Crippen LogP contribution is -2.54. The number of benzene rings is 1. The minimum absolute atomic E-state index is 0.0662. The van der Waals surface area contributed by atoms with Crippen molar-refractivity contribution in [3.63, 3.8) is 0 Å². The number of methoxy groups -OCH3 is 1. The standard InChI is InChI=1S/C23H34ClNO2/c1-14(2)27-22-20(24)8-19(9-21(22)26-4)13-25-15(3)23-10-16-5-17(11-23)7-18(6-16)12-23/h8-9,14-18,25H,5-7,10-13H2,1-4H3. The Morgan fingerprint density at radius 3 is 2.19 bits per heavy atom. The Kier molecular flexibility index (Phi) is 5.37. The van der Waals surface area contributed by atoms with Gasteiger partial charge in [-0.05, 0) is 100 Å². The zero-order valence-electron chi connectivity index (χ0n) is 17.2. The Hall–Kier alpha value is -0.930. The second-order valence-electron chi connectivity index (χ2n) is 9.66. The quantitative estimate of drug-likeness (QED) is 0.634. The third-order valence-electron chi connectivity index (χ3n) is 7.26. The molecule has 4 bridgehead atoms. The maximum atomic E-state index is 6.50. The summed E-state index contributed by atoms with van der Waals surface area (Å²) < 4.78 is 11.4. The Morgan fingerprint density at radius 1 is 1.07 bits per heavy atom. The Bertz CT molecular complexity index is 652. The molecule has 3 nitrogen and oxygen atoms in total. The molecule has 0 heterocycles. The molecule has 1 N–H and O–H groups in total. The van der Waals surface area contributed by atoms with Crippen LogP contribution in [0, 0.1) is 23.2 Å². The van der Waals surface area contributed by atoms with Crippen molar-refractivity contribution in [3.8, 4) is 11.5 Å². The van der Waals surface area contributed by atoms with Crippen LogP contribution in [-0.4, -0.2) is 19.3 Å². The van der Waals surface area contributed by atoms with E-state index in [0.29, 0.717) is 22.2 Å². The third kappa shape index (κ3) is 3.82. The van der Waals surface area contributed by atoms with Gasteiger partial charge in [0.1, 0.15) is 0 Å². The lowest BCUT2D eigenvalue weighted by atomic mass is 9.48. The van der Waals surface area contributed by atoms with Crippen molar-refractivity contribution < 1.29 is 9.47 Å². The SMILES string of the molecule is COc1cc(CNC(C)C23CC4CC(CC(C4)C2)C3)cc(Cl)c1OC(C)C. The minimum Gasteiger partial charge on any atom is -0.493 e. The van der Waals surface area contributed by atoms with Gasteiger partial charge in [0.05, 0.1) is 18.2 Å². The van der Waals surface area contributed by atoms with Gasteiger partial charge in [-0.25, -0.2) is 0 Å². The molecule has 1 aromatic rings. The number of halogens is 1. The fourth-order valence-corrected chi connectivity index (χ4v) is 6.70. The highest BCUT2D eigenvalue weighted by molar-refractivity contribution is 6.32. The molecule has 27 heavy (non-hydrogen) atoms. The average molecular weight is 392 g/mol. The lowest BCUT2D eigenvalue weighted by Gasteiger charge is -2.59. The monoisotopic (exact) mass is 391 g/mol. The molecular weight excluding hydrogens is 358 g/mol. The van der Waals surface area contributed by atoms with Gasteiger partial charge in [-0.1, -0.05) is 11.6 Å². The van der Waals surface area contributed by atoms with E-state index in [1.807, 2.05) is 19.9 Å². The van der Waals surface area contributed by atoms with Crippen LogP contribution >= 0.6 is 11.6 Å². The van der Waals surface area contributed by atoms with Gasteiger partial charge in [0.2, 0.25) is 0 Å². The minimum atomic E-state index is 0.0662.